The first-order valence-corrected chi connectivity index (χ1v) is 9.81. The molecule has 2 N–H and O–H groups in total. The van der Waals surface area contributed by atoms with Gasteiger partial charge in [0, 0.05) is 30.9 Å². The summed E-state index contributed by atoms with van der Waals surface area (Å²) in [5.74, 6) is -0.273. The second kappa shape index (κ2) is 5.96. The molecule has 1 aliphatic carbocycles. The monoisotopic (exact) mass is 360 g/mol. The van der Waals surface area contributed by atoms with Gasteiger partial charge in [0.15, 0.2) is 0 Å². The van der Waals surface area contributed by atoms with Crippen LogP contribution in [-0.4, -0.2) is 36.7 Å². The Balaban J connectivity index is 1.41. The van der Waals surface area contributed by atoms with Crippen molar-refractivity contribution >= 4 is 15.9 Å². The van der Waals surface area contributed by atoms with Crippen molar-refractivity contribution in [2.45, 2.75) is 36.7 Å². The zero-order valence-corrected chi connectivity index (χ0v) is 14.5. The molecule has 0 saturated heterocycles. The molecule has 0 radical (unpaired) electrons. The van der Waals surface area contributed by atoms with Gasteiger partial charge in [0.05, 0.1) is 4.90 Å². The van der Waals surface area contributed by atoms with Crippen LogP contribution in [0.3, 0.4) is 0 Å². The molecule has 2 aliphatic rings. The molecule has 0 bridgehead atoms. The molecule has 1 aromatic heterocycles. The highest BCUT2D eigenvalue weighted by Crippen LogP contribution is 2.46. The van der Waals surface area contributed by atoms with Crippen molar-refractivity contribution in [2.75, 3.05) is 6.54 Å². The lowest BCUT2D eigenvalue weighted by atomic mass is 10.0. The van der Waals surface area contributed by atoms with E-state index >= 15 is 0 Å². The Labute approximate surface area is 146 Å². The number of benzene rings is 1. The molecule has 132 valence electrons. The van der Waals surface area contributed by atoms with Gasteiger partial charge in [-0.1, -0.05) is 18.2 Å². The number of hydrogen-bond acceptors (Lipinski definition) is 4. The van der Waals surface area contributed by atoms with Crippen LogP contribution >= 0.6 is 0 Å². The maximum atomic E-state index is 12.5. The Morgan fingerprint density at radius 2 is 2.12 bits per heavy atom. The number of carbonyl (C=O) groups is 1. The molecule has 0 spiro atoms. The van der Waals surface area contributed by atoms with Crippen molar-refractivity contribution in [1.29, 1.82) is 0 Å². The molecule has 2 heterocycles. The van der Waals surface area contributed by atoms with E-state index in [1.54, 1.807) is 30.5 Å². The van der Waals surface area contributed by atoms with Gasteiger partial charge in [0.25, 0.3) is 0 Å². The van der Waals surface area contributed by atoms with E-state index in [1.165, 1.54) is 0 Å². The van der Waals surface area contributed by atoms with E-state index in [2.05, 4.69) is 15.1 Å². The van der Waals surface area contributed by atoms with Crippen LogP contribution in [-0.2, 0) is 27.8 Å². The van der Waals surface area contributed by atoms with Crippen molar-refractivity contribution < 1.29 is 13.2 Å². The number of rotatable bonds is 5. The first-order valence-electron chi connectivity index (χ1n) is 8.33. The van der Waals surface area contributed by atoms with Gasteiger partial charge in [-0.05, 0) is 37.0 Å². The third kappa shape index (κ3) is 3.32. The fourth-order valence-corrected chi connectivity index (χ4v) is 4.74. The molecule has 2 aromatic rings. The second-order valence-corrected chi connectivity index (χ2v) is 8.59. The Kier molecular flexibility index (Phi) is 3.88. The van der Waals surface area contributed by atoms with Crippen molar-refractivity contribution in [3.63, 3.8) is 0 Å². The fourth-order valence-electron chi connectivity index (χ4n) is 3.30. The van der Waals surface area contributed by atoms with E-state index in [9.17, 15) is 13.2 Å². The maximum Gasteiger partial charge on any atom is 0.241 e. The normalized spacial score (nSPS) is 22.8. The largest absolute Gasteiger partial charge is 0.354 e. The smallest absolute Gasteiger partial charge is 0.241 e. The van der Waals surface area contributed by atoms with Gasteiger partial charge < -0.3 is 5.32 Å². The van der Waals surface area contributed by atoms with Gasteiger partial charge in [0.2, 0.25) is 15.9 Å². The van der Waals surface area contributed by atoms with Gasteiger partial charge >= 0.3 is 0 Å². The number of nitrogens with zero attached hydrogens (tertiary/aromatic N) is 2. The highest BCUT2D eigenvalue weighted by Gasteiger charge is 2.44. The zero-order valence-electron chi connectivity index (χ0n) is 13.7. The van der Waals surface area contributed by atoms with E-state index in [0.717, 1.165) is 19.4 Å². The van der Waals surface area contributed by atoms with Gasteiger partial charge in [-0.25, -0.2) is 8.42 Å². The van der Waals surface area contributed by atoms with Crippen LogP contribution in [0.4, 0.5) is 0 Å². The van der Waals surface area contributed by atoms with Crippen LogP contribution in [0, 0.1) is 5.41 Å². The number of sulfonamides is 1. The molecule has 4 rings (SSSR count). The Hall–Kier alpha value is -2.19. The second-order valence-electron chi connectivity index (χ2n) is 6.91. The zero-order chi connectivity index (χ0) is 17.5. The molecule has 1 atom stereocenters. The van der Waals surface area contributed by atoms with E-state index < -0.39 is 16.1 Å². The molecular formula is C17H20N4O3S. The van der Waals surface area contributed by atoms with E-state index in [4.69, 9.17) is 0 Å². The van der Waals surface area contributed by atoms with Crippen LogP contribution in [0.25, 0.3) is 0 Å². The molecular weight excluding hydrogens is 340 g/mol. The summed E-state index contributed by atoms with van der Waals surface area (Å²) in [6.07, 6.45) is 6.09. The van der Waals surface area contributed by atoms with Gasteiger partial charge in [-0.15, -0.1) is 0 Å². The predicted octanol–water partition coefficient (Wildman–Crippen LogP) is 0.683. The third-order valence-electron chi connectivity index (χ3n) is 4.95. The molecule has 1 unspecified atom stereocenters. The quantitative estimate of drug-likeness (QED) is 0.820. The lowest BCUT2D eigenvalue weighted by molar-refractivity contribution is -0.123. The summed E-state index contributed by atoms with van der Waals surface area (Å²) in [7, 11) is -3.64. The Bertz CT molecular complexity index is 888. The highest BCUT2D eigenvalue weighted by molar-refractivity contribution is 7.89. The van der Waals surface area contributed by atoms with Crippen LogP contribution < -0.4 is 10.0 Å². The average Bonchev–Trinajstić information content (AvgIpc) is 3.15. The van der Waals surface area contributed by atoms with Gasteiger partial charge in [0.1, 0.15) is 6.04 Å². The lowest BCUT2D eigenvalue weighted by Gasteiger charge is -2.26. The molecule has 25 heavy (non-hydrogen) atoms. The molecule has 1 aromatic carbocycles. The Morgan fingerprint density at radius 3 is 2.84 bits per heavy atom. The van der Waals surface area contributed by atoms with E-state index in [1.807, 2.05) is 16.9 Å². The van der Waals surface area contributed by atoms with E-state index in [0.29, 0.717) is 18.5 Å². The minimum atomic E-state index is -3.64. The number of fused-ring (bicyclic) bond motifs is 1. The first kappa shape index (κ1) is 16.3. The van der Waals surface area contributed by atoms with Crippen LogP contribution in [0.15, 0.2) is 47.6 Å². The number of nitrogens with one attached hydrogen (secondary N) is 2. The molecule has 8 heteroatoms. The minimum Gasteiger partial charge on any atom is -0.354 e. The van der Waals surface area contributed by atoms with Crippen LogP contribution in [0.5, 0.6) is 0 Å². The van der Waals surface area contributed by atoms with Crippen molar-refractivity contribution in [3.05, 3.63) is 48.3 Å². The number of amides is 1. The summed E-state index contributed by atoms with van der Waals surface area (Å²) in [6.45, 7) is 1.30. The molecule has 7 nitrogen and oxygen atoms in total. The maximum absolute atomic E-state index is 12.5. The first-order chi connectivity index (χ1) is 12.0. The fraction of sp³-hybridized carbons (Fsp3) is 0.412. The summed E-state index contributed by atoms with van der Waals surface area (Å²) < 4.78 is 29.0. The molecule has 1 amide bonds. The average molecular weight is 360 g/mol. The number of carbonyl (C=O) groups excluding carboxylic acids is 1. The van der Waals surface area contributed by atoms with Crippen LogP contribution in [0.2, 0.25) is 0 Å². The lowest BCUT2D eigenvalue weighted by Crippen LogP contribution is -2.51. The Morgan fingerprint density at radius 1 is 1.32 bits per heavy atom. The minimum absolute atomic E-state index is 0.0349. The summed E-state index contributed by atoms with van der Waals surface area (Å²) in [5.41, 5.74) is 0.715. The number of aromatic nitrogens is 2. The summed E-state index contributed by atoms with van der Waals surface area (Å²) in [5, 5.41) is 7.14. The molecule has 1 fully saturated rings. The predicted molar refractivity (Wildman–Crippen MR) is 91.2 cm³/mol. The van der Waals surface area contributed by atoms with E-state index in [-0.39, 0.29) is 16.2 Å². The topological polar surface area (TPSA) is 93.1 Å². The van der Waals surface area contributed by atoms with Crippen LogP contribution in [0.1, 0.15) is 18.4 Å². The number of hydrogen-bond donors (Lipinski definition) is 2. The van der Waals surface area contributed by atoms with Gasteiger partial charge in [-0.2, -0.15) is 9.82 Å². The summed E-state index contributed by atoms with van der Waals surface area (Å²) >= 11 is 0. The molecule has 1 aliphatic heterocycles. The van der Waals surface area contributed by atoms with Crippen molar-refractivity contribution in [2.24, 2.45) is 5.41 Å². The highest BCUT2D eigenvalue weighted by atomic mass is 32.2. The summed E-state index contributed by atoms with van der Waals surface area (Å²) in [6, 6.07) is 7.91. The standard InChI is InChI=1S/C17H20N4O3S/c22-16(18-11-17(6-7-17)12-21-9-3-8-19-21)14-10-13-4-1-2-5-15(13)25(23,24)20-14/h1-5,8-9,14,20H,6-7,10-12H2,(H,18,22). The third-order valence-corrected chi connectivity index (χ3v) is 6.52. The van der Waals surface area contributed by atoms with Crippen molar-refractivity contribution in [3.8, 4) is 0 Å². The molecule has 1 saturated carbocycles. The van der Waals surface area contributed by atoms with Crippen molar-refractivity contribution in [1.82, 2.24) is 19.8 Å². The summed E-state index contributed by atoms with van der Waals surface area (Å²) in [4.78, 5) is 12.8. The van der Waals surface area contributed by atoms with Gasteiger partial charge in [-0.3, -0.25) is 9.48 Å². The SMILES string of the molecule is O=C(NCC1(Cn2cccn2)CC1)C1Cc2ccccc2S(=O)(=O)N1.